The Labute approximate surface area is 63.8 Å². The molecule has 4 heteroatoms. The molecule has 0 spiro atoms. The van der Waals surface area contributed by atoms with E-state index < -0.39 is 0 Å². The summed E-state index contributed by atoms with van der Waals surface area (Å²) in [6, 6.07) is 0. The Hall–Kier alpha value is -0.450. The van der Waals surface area contributed by atoms with Gasteiger partial charge in [-0.1, -0.05) is 0 Å². The minimum atomic E-state index is 0.522. The van der Waals surface area contributed by atoms with Gasteiger partial charge >= 0.3 is 0 Å². The molecule has 3 nitrogen and oxygen atoms in total. The van der Waals surface area contributed by atoms with E-state index in [1.807, 2.05) is 0 Å². The van der Waals surface area contributed by atoms with Crippen LogP contribution in [0.5, 0.6) is 0 Å². The van der Waals surface area contributed by atoms with Crippen molar-refractivity contribution in [2.75, 3.05) is 7.11 Å². The van der Waals surface area contributed by atoms with E-state index in [2.05, 4.69) is 4.98 Å². The Morgan fingerprint density at radius 3 is 3.10 bits per heavy atom. The fourth-order valence-corrected chi connectivity index (χ4v) is 1.42. The standard InChI is InChI=1S/C6H10N2OS/c1-9-4-5-3-8-6(2-7)10-5/h3H,2,4,7H2,1H3. The van der Waals surface area contributed by atoms with E-state index in [1.165, 1.54) is 0 Å². The van der Waals surface area contributed by atoms with Gasteiger partial charge in [-0.05, 0) is 0 Å². The average Bonchev–Trinajstić information content (AvgIpc) is 2.37. The minimum absolute atomic E-state index is 0.522. The molecule has 0 aliphatic heterocycles. The van der Waals surface area contributed by atoms with Gasteiger partial charge in [0.1, 0.15) is 5.01 Å². The van der Waals surface area contributed by atoms with Crippen molar-refractivity contribution >= 4 is 11.3 Å². The lowest BCUT2D eigenvalue weighted by molar-refractivity contribution is 0.187. The molecular formula is C6H10N2OS. The van der Waals surface area contributed by atoms with Crippen LogP contribution in [0.2, 0.25) is 0 Å². The second-order valence-electron chi connectivity index (χ2n) is 1.86. The van der Waals surface area contributed by atoms with Crippen molar-refractivity contribution in [1.82, 2.24) is 4.98 Å². The fourth-order valence-electron chi connectivity index (χ4n) is 0.651. The van der Waals surface area contributed by atoms with Crippen molar-refractivity contribution in [3.05, 3.63) is 16.1 Å². The molecule has 0 radical (unpaired) electrons. The van der Waals surface area contributed by atoms with Crippen molar-refractivity contribution in [3.8, 4) is 0 Å². The Bertz CT molecular complexity index is 199. The first kappa shape index (κ1) is 7.65. The van der Waals surface area contributed by atoms with Crippen LogP contribution in [0.4, 0.5) is 0 Å². The molecule has 2 N–H and O–H groups in total. The number of thiazole rings is 1. The van der Waals surface area contributed by atoms with Gasteiger partial charge in [0, 0.05) is 19.9 Å². The molecule has 1 aromatic heterocycles. The summed E-state index contributed by atoms with van der Waals surface area (Å²) in [6.07, 6.45) is 1.80. The molecule has 0 saturated carbocycles. The first-order valence-corrected chi connectivity index (χ1v) is 3.81. The van der Waals surface area contributed by atoms with Crippen molar-refractivity contribution in [2.24, 2.45) is 5.73 Å². The molecule has 0 fully saturated rings. The van der Waals surface area contributed by atoms with Crippen LogP contribution < -0.4 is 5.73 Å². The number of hydrogen-bond donors (Lipinski definition) is 1. The van der Waals surface area contributed by atoms with Crippen molar-refractivity contribution < 1.29 is 4.74 Å². The van der Waals surface area contributed by atoms with Gasteiger partial charge in [-0.25, -0.2) is 4.98 Å². The van der Waals surface area contributed by atoms with E-state index >= 15 is 0 Å². The number of ether oxygens (including phenoxy) is 1. The number of hydrogen-bond acceptors (Lipinski definition) is 4. The van der Waals surface area contributed by atoms with Crippen LogP contribution in [-0.4, -0.2) is 12.1 Å². The maximum absolute atomic E-state index is 5.37. The molecule has 0 aliphatic rings. The van der Waals surface area contributed by atoms with Crippen LogP contribution in [0.25, 0.3) is 0 Å². The van der Waals surface area contributed by atoms with Crippen LogP contribution in [0.15, 0.2) is 6.20 Å². The first-order chi connectivity index (χ1) is 4.86. The van der Waals surface area contributed by atoms with E-state index in [0.717, 1.165) is 9.88 Å². The molecule has 1 aromatic rings. The van der Waals surface area contributed by atoms with Crippen LogP contribution in [0.3, 0.4) is 0 Å². The molecule has 0 aliphatic carbocycles. The molecule has 0 bridgehead atoms. The topological polar surface area (TPSA) is 48.1 Å². The summed E-state index contributed by atoms with van der Waals surface area (Å²) < 4.78 is 4.92. The maximum atomic E-state index is 5.37. The molecule has 56 valence electrons. The Morgan fingerprint density at radius 1 is 1.80 bits per heavy atom. The second kappa shape index (κ2) is 3.65. The number of methoxy groups -OCH3 is 1. The normalized spacial score (nSPS) is 10.2. The Balaban J connectivity index is 2.59. The van der Waals surface area contributed by atoms with Crippen LogP contribution in [0, 0.1) is 0 Å². The van der Waals surface area contributed by atoms with Gasteiger partial charge < -0.3 is 10.5 Å². The number of aromatic nitrogens is 1. The van der Waals surface area contributed by atoms with Crippen LogP contribution in [0.1, 0.15) is 9.88 Å². The fraction of sp³-hybridized carbons (Fsp3) is 0.500. The third-order valence-corrected chi connectivity index (χ3v) is 2.06. The largest absolute Gasteiger partial charge is 0.379 e. The van der Waals surface area contributed by atoms with Gasteiger partial charge in [0.2, 0.25) is 0 Å². The van der Waals surface area contributed by atoms with E-state index in [1.54, 1.807) is 24.6 Å². The molecule has 0 atom stereocenters. The van der Waals surface area contributed by atoms with E-state index in [-0.39, 0.29) is 0 Å². The predicted octanol–water partition coefficient (Wildman–Crippen LogP) is 0.748. The summed E-state index contributed by atoms with van der Waals surface area (Å²) in [7, 11) is 1.67. The monoisotopic (exact) mass is 158 g/mol. The van der Waals surface area contributed by atoms with Gasteiger partial charge in [-0.3, -0.25) is 0 Å². The lowest BCUT2D eigenvalue weighted by Gasteiger charge is -1.89. The molecule has 0 saturated heterocycles. The summed E-state index contributed by atoms with van der Waals surface area (Å²) in [5.74, 6) is 0. The SMILES string of the molecule is COCc1cnc(CN)s1. The molecule has 0 amide bonds. The Kier molecular flexibility index (Phi) is 2.80. The molecular weight excluding hydrogens is 148 g/mol. The third kappa shape index (κ3) is 1.76. The highest BCUT2D eigenvalue weighted by Crippen LogP contribution is 2.12. The molecule has 0 unspecified atom stereocenters. The number of rotatable bonds is 3. The predicted molar refractivity (Wildman–Crippen MR) is 40.7 cm³/mol. The van der Waals surface area contributed by atoms with Crippen LogP contribution in [-0.2, 0) is 17.9 Å². The second-order valence-corrected chi connectivity index (χ2v) is 3.06. The smallest absolute Gasteiger partial charge is 0.106 e. The lowest BCUT2D eigenvalue weighted by atomic mass is 10.6. The zero-order valence-electron chi connectivity index (χ0n) is 5.83. The van der Waals surface area contributed by atoms with Gasteiger partial charge in [-0.15, -0.1) is 11.3 Å². The quantitative estimate of drug-likeness (QED) is 0.706. The molecule has 1 heterocycles. The van der Waals surface area contributed by atoms with Gasteiger partial charge in [0.15, 0.2) is 0 Å². The Morgan fingerprint density at radius 2 is 2.60 bits per heavy atom. The summed E-state index contributed by atoms with van der Waals surface area (Å²) in [6.45, 7) is 1.16. The zero-order chi connectivity index (χ0) is 7.40. The van der Waals surface area contributed by atoms with Gasteiger partial charge in [-0.2, -0.15) is 0 Å². The highest BCUT2D eigenvalue weighted by Gasteiger charge is 1.97. The van der Waals surface area contributed by atoms with Crippen LogP contribution >= 0.6 is 11.3 Å². The highest BCUT2D eigenvalue weighted by molar-refractivity contribution is 7.11. The number of nitrogens with zero attached hydrogens (tertiary/aromatic N) is 1. The summed E-state index contributed by atoms with van der Waals surface area (Å²) in [5.41, 5.74) is 5.37. The van der Waals surface area contributed by atoms with Crippen molar-refractivity contribution in [1.29, 1.82) is 0 Å². The van der Waals surface area contributed by atoms with Crippen molar-refractivity contribution in [3.63, 3.8) is 0 Å². The minimum Gasteiger partial charge on any atom is -0.379 e. The molecule has 1 rings (SSSR count). The van der Waals surface area contributed by atoms with Gasteiger partial charge in [0.25, 0.3) is 0 Å². The van der Waals surface area contributed by atoms with E-state index in [4.69, 9.17) is 10.5 Å². The lowest BCUT2D eigenvalue weighted by Crippen LogP contribution is -1.93. The molecule has 0 aromatic carbocycles. The summed E-state index contributed by atoms with van der Waals surface area (Å²) >= 11 is 1.60. The average molecular weight is 158 g/mol. The summed E-state index contributed by atoms with van der Waals surface area (Å²) in [4.78, 5) is 5.19. The van der Waals surface area contributed by atoms with Crippen molar-refractivity contribution in [2.45, 2.75) is 13.2 Å². The van der Waals surface area contributed by atoms with E-state index in [9.17, 15) is 0 Å². The highest BCUT2D eigenvalue weighted by atomic mass is 32.1. The number of nitrogens with two attached hydrogens (primary N) is 1. The maximum Gasteiger partial charge on any atom is 0.106 e. The molecule has 10 heavy (non-hydrogen) atoms. The summed E-state index contributed by atoms with van der Waals surface area (Å²) in [5, 5.41) is 0.965. The third-order valence-electron chi connectivity index (χ3n) is 1.06. The zero-order valence-corrected chi connectivity index (χ0v) is 6.65. The van der Waals surface area contributed by atoms with E-state index in [0.29, 0.717) is 13.2 Å². The first-order valence-electron chi connectivity index (χ1n) is 2.99. The van der Waals surface area contributed by atoms with Gasteiger partial charge in [0.05, 0.1) is 11.5 Å².